The molecule has 0 spiro atoms. The van der Waals surface area contributed by atoms with Gasteiger partial charge in [-0.2, -0.15) is 0 Å². The largest absolute Gasteiger partial charge is 0.326 e. The molecular weight excluding hydrogens is 258 g/mol. The Morgan fingerprint density at radius 1 is 1.10 bits per heavy atom. The number of benzene rings is 2. The number of hydrogen-bond donors (Lipinski definition) is 1. The maximum Gasteiger partial charge on any atom is 0.231 e. The highest BCUT2D eigenvalue weighted by atomic mass is 16.1. The van der Waals surface area contributed by atoms with Gasteiger partial charge >= 0.3 is 0 Å². The molecule has 3 rings (SSSR count). The summed E-state index contributed by atoms with van der Waals surface area (Å²) in [6, 6.07) is 14.4. The molecule has 0 unspecified atom stereocenters. The minimum atomic E-state index is -0.0171. The van der Waals surface area contributed by atoms with E-state index >= 15 is 0 Å². The van der Waals surface area contributed by atoms with Crippen LogP contribution in [0, 0.1) is 13.8 Å². The van der Waals surface area contributed by atoms with Crippen LogP contribution in [0.1, 0.15) is 41.0 Å². The molecule has 0 saturated carbocycles. The Balaban J connectivity index is 1.81. The molecule has 0 heterocycles. The van der Waals surface area contributed by atoms with Crippen LogP contribution < -0.4 is 5.32 Å². The molecule has 108 valence electrons. The molecule has 2 aromatic carbocycles. The third kappa shape index (κ3) is 2.85. The fraction of sp³-hybridized carbons (Fsp3) is 0.316. The van der Waals surface area contributed by atoms with Crippen molar-refractivity contribution < 1.29 is 4.79 Å². The average Bonchev–Trinajstić information content (AvgIpc) is 2.50. The molecule has 1 aliphatic carbocycles. The Morgan fingerprint density at radius 3 is 2.71 bits per heavy atom. The van der Waals surface area contributed by atoms with E-state index in [1.54, 1.807) is 0 Å². The molecule has 0 saturated heterocycles. The summed E-state index contributed by atoms with van der Waals surface area (Å²) in [5, 5.41) is 3.08. The number of fused-ring (bicyclic) bond motifs is 1. The zero-order valence-electron chi connectivity index (χ0n) is 12.6. The summed E-state index contributed by atoms with van der Waals surface area (Å²) in [4.78, 5) is 12.6. The molecule has 2 nitrogen and oxygen atoms in total. The van der Waals surface area contributed by atoms with Gasteiger partial charge in [-0.1, -0.05) is 30.3 Å². The van der Waals surface area contributed by atoms with Crippen LogP contribution in [0.2, 0.25) is 0 Å². The first-order valence-electron chi connectivity index (χ1n) is 7.61. The van der Waals surface area contributed by atoms with E-state index in [-0.39, 0.29) is 11.8 Å². The molecule has 1 N–H and O–H groups in total. The average molecular weight is 279 g/mol. The van der Waals surface area contributed by atoms with Crippen molar-refractivity contribution in [3.63, 3.8) is 0 Å². The Bertz CT molecular complexity index is 675. The summed E-state index contributed by atoms with van der Waals surface area (Å²) in [6.45, 7) is 4.15. The summed E-state index contributed by atoms with van der Waals surface area (Å²) in [6.07, 6.45) is 3.11. The maximum atomic E-state index is 12.6. The smallest absolute Gasteiger partial charge is 0.231 e. The summed E-state index contributed by atoms with van der Waals surface area (Å²) in [5.74, 6) is 0.0990. The third-order valence-corrected chi connectivity index (χ3v) is 4.46. The van der Waals surface area contributed by atoms with Crippen molar-refractivity contribution >= 4 is 11.6 Å². The maximum absolute atomic E-state index is 12.6. The van der Waals surface area contributed by atoms with Crippen molar-refractivity contribution in [3.8, 4) is 0 Å². The van der Waals surface area contributed by atoms with Gasteiger partial charge in [0.15, 0.2) is 0 Å². The number of aryl methyl sites for hydroxylation is 3. The van der Waals surface area contributed by atoms with Crippen LogP contribution in [0.15, 0.2) is 42.5 Å². The van der Waals surface area contributed by atoms with Crippen LogP contribution in [0.5, 0.6) is 0 Å². The van der Waals surface area contributed by atoms with E-state index < -0.39 is 0 Å². The van der Waals surface area contributed by atoms with Gasteiger partial charge in [0.05, 0.1) is 5.92 Å². The number of carbonyl (C=O) groups excluding carboxylic acids is 1. The van der Waals surface area contributed by atoms with Crippen molar-refractivity contribution in [3.05, 3.63) is 64.7 Å². The van der Waals surface area contributed by atoms with Gasteiger partial charge in [0.2, 0.25) is 5.91 Å². The SMILES string of the molecule is Cc1ccc(NC(=O)[C@H]2CCCc3ccccc32)cc1C. The van der Waals surface area contributed by atoms with Crippen molar-refractivity contribution in [2.75, 3.05) is 5.32 Å². The molecule has 21 heavy (non-hydrogen) atoms. The van der Waals surface area contributed by atoms with Crippen molar-refractivity contribution in [1.29, 1.82) is 0 Å². The van der Waals surface area contributed by atoms with Gasteiger partial charge < -0.3 is 5.32 Å². The molecule has 0 fully saturated rings. The van der Waals surface area contributed by atoms with Gasteiger partial charge in [-0.05, 0) is 67.5 Å². The number of amides is 1. The number of hydrogen-bond acceptors (Lipinski definition) is 1. The second kappa shape index (κ2) is 5.72. The summed E-state index contributed by atoms with van der Waals surface area (Å²) in [5.41, 5.74) is 5.87. The van der Waals surface area contributed by atoms with Gasteiger partial charge in [0, 0.05) is 5.69 Å². The zero-order valence-corrected chi connectivity index (χ0v) is 12.6. The van der Waals surface area contributed by atoms with E-state index in [1.165, 1.54) is 22.3 Å². The number of anilines is 1. The van der Waals surface area contributed by atoms with Crippen molar-refractivity contribution in [1.82, 2.24) is 0 Å². The Hall–Kier alpha value is -2.09. The predicted octanol–water partition coefficient (Wildman–Crippen LogP) is 4.36. The Labute approximate surface area is 126 Å². The van der Waals surface area contributed by atoms with Crippen LogP contribution in [0.25, 0.3) is 0 Å². The number of carbonyl (C=O) groups is 1. The van der Waals surface area contributed by atoms with Crippen molar-refractivity contribution in [2.24, 2.45) is 0 Å². The van der Waals surface area contributed by atoms with Crippen LogP contribution >= 0.6 is 0 Å². The lowest BCUT2D eigenvalue weighted by atomic mass is 9.82. The van der Waals surface area contributed by atoms with Gasteiger partial charge in [-0.25, -0.2) is 0 Å². The Kier molecular flexibility index (Phi) is 3.78. The normalized spacial score (nSPS) is 17.1. The van der Waals surface area contributed by atoms with E-state index in [1.807, 2.05) is 18.2 Å². The lowest BCUT2D eigenvalue weighted by Crippen LogP contribution is -2.24. The molecule has 1 atom stereocenters. The lowest BCUT2D eigenvalue weighted by molar-refractivity contribution is -0.117. The molecular formula is C19H21NO. The molecule has 2 aromatic rings. The van der Waals surface area contributed by atoms with Crippen molar-refractivity contribution in [2.45, 2.75) is 39.0 Å². The van der Waals surface area contributed by atoms with E-state index in [4.69, 9.17) is 0 Å². The highest BCUT2D eigenvalue weighted by Gasteiger charge is 2.26. The fourth-order valence-corrected chi connectivity index (χ4v) is 3.07. The lowest BCUT2D eigenvalue weighted by Gasteiger charge is -2.24. The van der Waals surface area contributed by atoms with E-state index in [0.29, 0.717) is 0 Å². The second-order valence-corrected chi connectivity index (χ2v) is 5.93. The minimum absolute atomic E-state index is 0.0171. The fourth-order valence-electron chi connectivity index (χ4n) is 3.07. The summed E-state index contributed by atoms with van der Waals surface area (Å²) >= 11 is 0. The molecule has 0 bridgehead atoms. The zero-order chi connectivity index (χ0) is 14.8. The standard InChI is InChI=1S/C19H21NO/c1-13-10-11-16(12-14(13)2)20-19(21)18-9-5-7-15-6-3-4-8-17(15)18/h3-4,6,8,10-12,18H,5,7,9H2,1-2H3,(H,20,21)/t18-/m0/s1. The minimum Gasteiger partial charge on any atom is -0.326 e. The molecule has 0 aliphatic heterocycles. The summed E-state index contributed by atoms with van der Waals surface area (Å²) < 4.78 is 0. The van der Waals surface area contributed by atoms with Crippen LogP contribution in [0.4, 0.5) is 5.69 Å². The van der Waals surface area contributed by atoms with Gasteiger partial charge in [-0.15, -0.1) is 0 Å². The topological polar surface area (TPSA) is 29.1 Å². The van der Waals surface area contributed by atoms with Crippen LogP contribution in [-0.4, -0.2) is 5.91 Å². The van der Waals surface area contributed by atoms with Gasteiger partial charge in [0.25, 0.3) is 0 Å². The van der Waals surface area contributed by atoms with E-state index in [2.05, 4.69) is 43.4 Å². The first-order valence-corrected chi connectivity index (χ1v) is 7.61. The number of nitrogens with one attached hydrogen (secondary N) is 1. The first-order chi connectivity index (χ1) is 10.1. The second-order valence-electron chi connectivity index (χ2n) is 5.93. The predicted molar refractivity (Wildman–Crippen MR) is 86.7 cm³/mol. The first kappa shape index (κ1) is 13.9. The quantitative estimate of drug-likeness (QED) is 0.869. The molecule has 1 aliphatic rings. The molecule has 0 aromatic heterocycles. The third-order valence-electron chi connectivity index (χ3n) is 4.46. The van der Waals surface area contributed by atoms with Crippen LogP contribution in [-0.2, 0) is 11.2 Å². The van der Waals surface area contributed by atoms with E-state index in [0.717, 1.165) is 24.9 Å². The summed E-state index contributed by atoms with van der Waals surface area (Å²) in [7, 11) is 0. The molecule has 2 heteroatoms. The highest BCUT2D eigenvalue weighted by molar-refractivity contribution is 5.96. The van der Waals surface area contributed by atoms with Crippen LogP contribution in [0.3, 0.4) is 0 Å². The van der Waals surface area contributed by atoms with E-state index in [9.17, 15) is 4.79 Å². The highest BCUT2D eigenvalue weighted by Crippen LogP contribution is 2.32. The molecule has 1 amide bonds. The number of rotatable bonds is 2. The van der Waals surface area contributed by atoms with Gasteiger partial charge in [0.1, 0.15) is 0 Å². The van der Waals surface area contributed by atoms with Gasteiger partial charge in [-0.3, -0.25) is 4.79 Å². The molecule has 0 radical (unpaired) electrons. The monoisotopic (exact) mass is 279 g/mol. The Morgan fingerprint density at radius 2 is 1.90 bits per heavy atom.